The molecule has 0 unspecified atom stereocenters. The second-order valence-corrected chi connectivity index (χ2v) is 8.40. The van der Waals surface area contributed by atoms with Crippen LogP contribution in [0.2, 0.25) is 0 Å². The van der Waals surface area contributed by atoms with Crippen LogP contribution < -0.4 is 25.7 Å². The number of carbonyl (C=O) groups is 1. The highest BCUT2D eigenvalue weighted by molar-refractivity contribution is 5.92. The first-order valence-electron chi connectivity index (χ1n) is 12.1. The molecule has 0 aliphatic rings. The quantitative estimate of drug-likeness (QED) is 0.322. The molecule has 0 aliphatic heterocycles. The molecular formula is C29H31N3O4. The third kappa shape index (κ3) is 5.86. The molecule has 4 rings (SSSR count). The normalized spacial score (nSPS) is 10.8. The van der Waals surface area contributed by atoms with Gasteiger partial charge >= 0.3 is 0 Å². The van der Waals surface area contributed by atoms with Gasteiger partial charge in [-0.05, 0) is 78.9 Å². The Labute approximate surface area is 210 Å². The highest BCUT2D eigenvalue weighted by Crippen LogP contribution is 2.22. The van der Waals surface area contributed by atoms with E-state index in [1.807, 2.05) is 37.3 Å². The van der Waals surface area contributed by atoms with Crippen molar-refractivity contribution in [2.24, 2.45) is 0 Å². The summed E-state index contributed by atoms with van der Waals surface area (Å²) in [6, 6.07) is 22.7. The zero-order valence-corrected chi connectivity index (χ0v) is 20.8. The molecule has 0 bridgehead atoms. The molecule has 3 aromatic carbocycles. The fourth-order valence-electron chi connectivity index (χ4n) is 4.02. The summed E-state index contributed by atoms with van der Waals surface area (Å²) in [5.74, 6) is 1.05. The average Bonchev–Trinajstić information content (AvgIpc) is 2.90. The van der Waals surface area contributed by atoms with E-state index in [0.29, 0.717) is 35.7 Å². The Morgan fingerprint density at radius 2 is 1.58 bits per heavy atom. The first-order valence-corrected chi connectivity index (χ1v) is 12.1. The third-order valence-corrected chi connectivity index (χ3v) is 5.97. The van der Waals surface area contributed by atoms with Gasteiger partial charge in [-0.15, -0.1) is 0 Å². The Kier molecular flexibility index (Phi) is 7.90. The Balaban J connectivity index is 1.60. The summed E-state index contributed by atoms with van der Waals surface area (Å²) < 4.78 is 12.3. The lowest BCUT2D eigenvalue weighted by atomic mass is 10.1. The Hall–Kier alpha value is -4.26. The van der Waals surface area contributed by atoms with Crippen LogP contribution in [0.4, 0.5) is 11.4 Å². The number of hydrogen-bond donors (Lipinski definition) is 2. The number of hydrogen-bond acceptors (Lipinski definition) is 5. The smallest absolute Gasteiger partial charge is 0.256 e. The molecule has 4 aromatic rings. The van der Waals surface area contributed by atoms with Crippen molar-refractivity contribution in [3.05, 3.63) is 94.3 Å². The van der Waals surface area contributed by atoms with Gasteiger partial charge in [-0.1, -0.05) is 19.1 Å². The Bertz CT molecular complexity index is 1390. The molecule has 0 aliphatic carbocycles. The van der Waals surface area contributed by atoms with Gasteiger partial charge in [-0.2, -0.15) is 0 Å². The van der Waals surface area contributed by atoms with Gasteiger partial charge in [0, 0.05) is 29.5 Å². The van der Waals surface area contributed by atoms with Gasteiger partial charge in [0.15, 0.2) is 0 Å². The van der Waals surface area contributed by atoms with Crippen LogP contribution >= 0.6 is 0 Å². The molecule has 0 spiro atoms. The number of nitrogens with one attached hydrogen (secondary N) is 2. The van der Waals surface area contributed by atoms with Gasteiger partial charge < -0.3 is 20.1 Å². The van der Waals surface area contributed by atoms with Crippen molar-refractivity contribution >= 4 is 28.2 Å². The summed E-state index contributed by atoms with van der Waals surface area (Å²) >= 11 is 0. The van der Waals surface area contributed by atoms with Crippen LogP contribution in [0.25, 0.3) is 10.9 Å². The lowest BCUT2D eigenvalue weighted by Crippen LogP contribution is -2.30. The number of ether oxygens (including phenoxy) is 2. The van der Waals surface area contributed by atoms with Gasteiger partial charge in [0.1, 0.15) is 18.0 Å². The SMILES string of the molecule is CCOc1ccc(NC(=O)Cn2c(=O)c(CNc3ccc(CC)cc3)cc3ccc(OC)cc32)cc1. The minimum Gasteiger partial charge on any atom is -0.497 e. The number of benzene rings is 3. The van der Waals surface area contributed by atoms with E-state index in [9.17, 15) is 9.59 Å². The van der Waals surface area contributed by atoms with E-state index >= 15 is 0 Å². The number of amides is 1. The number of aromatic nitrogens is 1. The predicted octanol–water partition coefficient (Wildman–Crippen LogP) is 5.22. The molecule has 1 heterocycles. The van der Waals surface area contributed by atoms with Crippen molar-refractivity contribution in [2.75, 3.05) is 24.4 Å². The van der Waals surface area contributed by atoms with Crippen LogP contribution in [-0.4, -0.2) is 24.2 Å². The monoisotopic (exact) mass is 485 g/mol. The molecular weight excluding hydrogens is 454 g/mol. The lowest BCUT2D eigenvalue weighted by Gasteiger charge is -2.15. The van der Waals surface area contributed by atoms with Crippen LogP contribution in [0.15, 0.2) is 77.6 Å². The molecule has 186 valence electrons. The molecule has 0 saturated heterocycles. The van der Waals surface area contributed by atoms with E-state index in [2.05, 4.69) is 29.7 Å². The summed E-state index contributed by atoms with van der Waals surface area (Å²) in [4.78, 5) is 26.4. The lowest BCUT2D eigenvalue weighted by molar-refractivity contribution is -0.116. The molecule has 7 heteroatoms. The van der Waals surface area contributed by atoms with Gasteiger partial charge in [0.25, 0.3) is 5.56 Å². The molecule has 0 radical (unpaired) electrons. The summed E-state index contributed by atoms with van der Waals surface area (Å²) in [7, 11) is 1.57. The van der Waals surface area contributed by atoms with Crippen molar-refractivity contribution in [1.29, 1.82) is 0 Å². The topological polar surface area (TPSA) is 81.6 Å². The average molecular weight is 486 g/mol. The highest BCUT2D eigenvalue weighted by atomic mass is 16.5. The van der Waals surface area contributed by atoms with E-state index in [1.165, 1.54) is 10.1 Å². The maximum absolute atomic E-state index is 13.5. The van der Waals surface area contributed by atoms with E-state index in [0.717, 1.165) is 23.2 Å². The van der Waals surface area contributed by atoms with Gasteiger partial charge in [-0.3, -0.25) is 14.2 Å². The summed E-state index contributed by atoms with van der Waals surface area (Å²) in [6.07, 6.45) is 0.970. The second kappa shape index (κ2) is 11.4. The van der Waals surface area contributed by atoms with Crippen molar-refractivity contribution in [3.63, 3.8) is 0 Å². The van der Waals surface area contributed by atoms with Crippen molar-refractivity contribution in [1.82, 2.24) is 4.57 Å². The summed E-state index contributed by atoms with van der Waals surface area (Å²) in [5, 5.41) is 7.04. The first kappa shape index (κ1) is 24.9. The molecule has 1 aromatic heterocycles. The first-order chi connectivity index (χ1) is 17.5. The minimum atomic E-state index is -0.300. The number of aryl methyl sites for hydroxylation is 1. The largest absolute Gasteiger partial charge is 0.497 e. The van der Waals surface area contributed by atoms with Gasteiger partial charge in [0.2, 0.25) is 5.91 Å². The number of nitrogens with zero attached hydrogens (tertiary/aromatic N) is 1. The number of rotatable bonds is 10. The van der Waals surface area contributed by atoms with Crippen molar-refractivity contribution < 1.29 is 14.3 Å². The zero-order valence-electron chi connectivity index (χ0n) is 20.8. The number of pyridine rings is 1. The standard InChI is InChI=1S/C29H31N3O4/c1-4-20-6-9-23(10-7-20)30-18-22-16-21-8-13-26(35-3)17-27(21)32(29(22)34)19-28(33)31-24-11-14-25(15-12-24)36-5-2/h6-17,30H,4-5,18-19H2,1-3H3,(H,31,33). The number of methoxy groups -OCH3 is 1. The minimum absolute atomic E-state index is 0.130. The zero-order chi connectivity index (χ0) is 25.5. The molecule has 1 amide bonds. The summed E-state index contributed by atoms with van der Waals surface area (Å²) in [5.41, 5.74) is 3.79. The number of fused-ring (bicyclic) bond motifs is 1. The van der Waals surface area contributed by atoms with E-state index in [4.69, 9.17) is 9.47 Å². The number of carbonyl (C=O) groups excluding carboxylic acids is 1. The predicted molar refractivity (Wildman–Crippen MR) is 144 cm³/mol. The van der Waals surface area contributed by atoms with Crippen LogP contribution in [0.3, 0.4) is 0 Å². The van der Waals surface area contributed by atoms with Crippen molar-refractivity contribution in [2.45, 2.75) is 33.4 Å². The fraction of sp³-hybridized carbons (Fsp3) is 0.241. The van der Waals surface area contributed by atoms with Crippen molar-refractivity contribution in [3.8, 4) is 11.5 Å². The Morgan fingerprint density at radius 1 is 0.889 bits per heavy atom. The molecule has 0 atom stereocenters. The Morgan fingerprint density at radius 3 is 2.25 bits per heavy atom. The number of anilines is 2. The fourth-order valence-corrected chi connectivity index (χ4v) is 4.02. The van der Waals surface area contributed by atoms with E-state index in [-0.39, 0.29) is 18.0 Å². The van der Waals surface area contributed by atoms with Gasteiger partial charge in [-0.25, -0.2) is 0 Å². The molecule has 0 fully saturated rings. The molecule has 2 N–H and O–H groups in total. The highest BCUT2D eigenvalue weighted by Gasteiger charge is 2.14. The van der Waals surface area contributed by atoms with E-state index in [1.54, 1.807) is 37.4 Å². The maximum Gasteiger partial charge on any atom is 0.256 e. The van der Waals surface area contributed by atoms with Crippen LogP contribution in [0, 0.1) is 0 Å². The second-order valence-electron chi connectivity index (χ2n) is 8.40. The van der Waals surface area contributed by atoms with Crippen LogP contribution in [0.5, 0.6) is 11.5 Å². The third-order valence-electron chi connectivity index (χ3n) is 5.97. The maximum atomic E-state index is 13.5. The van der Waals surface area contributed by atoms with Gasteiger partial charge in [0.05, 0.1) is 19.2 Å². The molecule has 7 nitrogen and oxygen atoms in total. The molecule has 0 saturated carbocycles. The van der Waals surface area contributed by atoms with E-state index < -0.39 is 0 Å². The summed E-state index contributed by atoms with van der Waals surface area (Å²) in [6.45, 7) is 4.81. The van der Waals surface area contributed by atoms with Crippen LogP contribution in [-0.2, 0) is 24.3 Å². The molecule has 36 heavy (non-hydrogen) atoms. The van der Waals surface area contributed by atoms with Crippen LogP contribution in [0.1, 0.15) is 25.0 Å².